The number of benzene rings is 1. The molecule has 0 aliphatic heterocycles. The summed E-state index contributed by atoms with van der Waals surface area (Å²) >= 11 is 1.63. The van der Waals surface area contributed by atoms with Gasteiger partial charge in [-0.15, -0.1) is 11.3 Å². The molecule has 2 aromatic heterocycles. The zero-order valence-corrected chi connectivity index (χ0v) is 15.5. The van der Waals surface area contributed by atoms with Crippen molar-refractivity contribution < 1.29 is 8.42 Å². The van der Waals surface area contributed by atoms with Crippen LogP contribution in [0.1, 0.15) is 30.6 Å². The molecule has 1 aromatic carbocycles. The molecule has 1 fully saturated rings. The Morgan fingerprint density at radius 2 is 1.84 bits per heavy atom. The van der Waals surface area contributed by atoms with Gasteiger partial charge >= 0.3 is 0 Å². The predicted octanol–water partition coefficient (Wildman–Crippen LogP) is 4.46. The van der Waals surface area contributed by atoms with Gasteiger partial charge in [-0.2, -0.15) is 0 Å². The van der Waals surface area contributed by atoms with Crippen LogP contribution >= 0.6 is 11.3 Å². The Bertz CT molecular complexity index is 1000. The summed E-state index contributed by atoms with van der Waals surface area (Å²) in [4.78, 5) is 11.1. The van der Waals surface area contributed by atoms with E-state index < -0.39 is 9.84 Å². The van der Waals surface area contributed by atoms with Crippen LogP contribution in [-0.2, 0) is 9.84 Å². The first-order chi connectivity index (χ1) is 12.0. The summed E-state index contributed by atoms with van der Waals surface area (Å²) in [6.45, 7) is 2.04. The molecule has 2 heterocycles. The second-order valence-corrected chi connectivity index (χ2v) is 9.86. The third-order valence-electron chi connectivity index (χ3n) is 4.64. The quantitative estimate of drug-likeness (QED) is 0.731. The Labute approximate surface area is 151 Å². The molecule has 0 spiro atoms. The molecular weight excluding hydrogens is 354 g/mol. The smallest absolute Gasteiger partial charge is 0.181 e. The molecule has 4 rings (SSSR count). The van der Waals surface area contributed by atoms with Crippen LogP contribution < -0.4 is 5.32 Å². The first-order valence-corrected chi connectivity index (χ1v) is 10.7. The third-order valence-corrected chi connectivity index (χ3v) is 7.88. The van der Waals surface area contributed by atoms with Crippen molar-refractivity contribution >= 4 is 42.9 Å². The molecule has 0 atom stereocenters. The molecule has 1 aliphatic rings. The predicted molar refractivity (Wildman–Crippen MR) is 101 cm³/mol. The van der Waals surface area contributed by atoms with E-state index in [1.807, 2.05) is 6.92 Å². The number of nitrogens with zero attached hydrogens (tertiary/aromatic N) is 2. The lowest BCUT2D eigenvalue weighted by molar-refractivity contribution is 0.579. The fraction of sp³-hybridized carbons (Fsp3) is 0.333. The van der Waals surface area contributed by atoms with Gasteiger partial charge in [0, 0.05) is 10.6 Å². The van der Waals surface area contributed by atoms with Crippen LogP contribution in [0.2, 0.25) is 0 Å². The minimum Gasteiger partial charge on any atom is -0.340 e. The van der Waals surface area contributed by atoms with Crippen molar-refractivity contribution in [3.63, 3.8) is 0 Å². The fourth-order valence-corrected chi connectivity index (χ4v) is 6.03. The van der Waals surface area contributed by atoms with E-state index in [2.05, 4.69) is 21.4 Å². The largest absolute Gasteiger partial charge is 0.340 e. The van der Waals surface area contributed by atoms with E-state index in [0.29, 0.717) is 4.90 Å². The van der Waals surface area contributed by atoms with Crippen LogP contribution in [0.5, 0.6) is 0 Å². The number of fused-ring (bicyclic) bond motifs is 1. The number of nitrogens with one attached hydrogen (secondary N) is 1. The van der Waals surface area contributed by atoms with Crippen LogP contribution in [0.4, 0.5) is 11.5 Å². The molecule has 25 heavy (non-hydrogen) atoms. The second kappa shape index (κ2) is 6.38. The van der Waals surface area contributed by atoms with E-state index in [0.717, 1.165) is 47.4 Å². The molecule has 3 aromatic rings. The van der Waals surface area contributed by atoms with E-state index in [1.54, 1.807) is 41.9 Å². The molecule has 130 valence electrons. The molecule has 1 N–H and O–H groups in total. The molecule has 0 bridgehead atoms. The van der Waals surface area contributed by atoms with Crippen molar-refractivity contribution in [1.82, 2.24) is 9.97 Å². The van der Waals surface area contributed by atoms with Crippen molar-refractivity contribution in [3.05, 3.63) is 41.5 Å². The SMILES string of the molecule is Cc1cc2c(Nc3ccc(S(=O)(=O)C4CCCC4)cc3)ncnc2s1. The summed E-state index contributed by atoms with van der Waals surface area (Å²) in [6, 6.07) is 9.03. The number of aromatic nitrogens is 2. The minimum absolute atomic E-state index is 0.221. The van der Waals surface area contributed by atoms with Gasteiger partial charge in [0.2, 0.25) is 0 Å². The van der Waals surface area contributed by atoms with Gasteiger partial charge < -0.3 is 5.32 Å². The lowest BCUT2D eigenvalue weighted by Crippen LogP contribution is -2.17. The monoisotopic (exact) mass is 373 g/mol. The Kier molecular flexibility index (Phi) is 4.21. The van der Waals surface area contributed by atoms with Crippen LogP contribution in [0, 0.1) is 6.92 Å². The van der Waals surface area contributed by atoms with Crippen molar-refractivity contribution in [1.29, 1.82) is 0 Å². The number of rotatable bonds is 4. The molecule has 0 radical (unpaired) electrons. The zero-order valence-electron chi connectivity index (χ0n) is 13.9. The lowest BCUT2D eigenvalue weighted by Gasteiger charge is -2.12. The van der Waals surface area contributed by atoms with Crippen LogP contribution in [0.3, 0.4) is 0 Å². The van der Waals surface area contributed by atoms with Gasteiger partial charge in [0.25, 0.3) is 0 Å². The maximum Gasteiger partial charge on any atom is 0.181 e. The van der Waals surface area contributed by atoms with Gasteiger partial charge in [-0.05, 0) is 50.1 Å². The standard InChI is InChI=1S/C18H19N3O2S2/c1-12-10-16-17(19-11-20-18(16)24-12)21-13-6-8-15(9-7-13)25(22,23)14-4-2-3-5-14/h6-11,14H,2-5H2,1H3,(H,19,20,21). The molecule has 1 aliphatic carbocycles. The van der Waals surface area contributed by atoms with Gasteiger partial charge in [-0.25, -0.2) is 18.4 Å². The molecule has 0 unspecified atom stereocenters. The normalized spacial score (nSPS) is 15.7. The summed E-state index contributed by atoms with van der Waals surface area (Å²) in [5.74, 6) is 0.737. The average molecular weight is 374 g/mol. The summed E-state index contributed by atoms with van der Waals surface area (Å²) < 4.78 is 25.3. The van der Waals surface area contributed by atoms with Crippen molar-refractivity contribution in [2.45, 2.75) is 42.8 Å². The zero-order chi connectivity index (χ0) is 17.4. The maximum absolute atomic E-state index is 12.6. The number of sulfone groups is 1. The minimum atomic E-state index is -3.21. The first-order valence-electron chi connectivity index (χ1n) is 8.36. The highest BCUT2D eigenvalue weighted by atomic mass is 32.2. The fourth-order valence-electron chi connectivity index (χ4n) is 3.33. The molecule has 1 saturated carbocycles. The Hall–Kier alpha value is -1.99. The number of anilines is 2. The molecule has 5 nitrogen and oxygen atoms in total. The highest BCUT2D eigenvalue weighted by molar-refractivity contribution is 7.92. The second-order valence-electron chi connectivity index (χ2n) is 6.40. The average Bonchev–Trinajstić information content (AvgIpc) is 3.25. The van der Waals surface area contributed by atoms with Gasteiger partial charge in [0.1, 0.15) is 17.0 Å². The third kappa shape index (κ3) is 3.14. The number of aryl methyl sites for hydroxylation is 1. The van der Waals surface area contributed by atoms with Gasteiger partial charge in [-0.3, -0.25) is 0 Å². The lowest BCUT2D eigenvalue weighted by atomic mass is 10.3. The van der Waals surface area contributed by atoms with Crippen molar-refractivity contribution in [3.8, 4) is 0 Å². The highest BCUT2D eigenvalue weighted by Gasteiger charge is 2.30. The molecule has 0 amide bonds. The van der Waals surface area contributed by atoms with Crippen LogP contribution in [0.25, 0.3) is 10.2 Å². The van der Waals surface area contributed by atoms with E-state index in [4.69, 9.17) is 0 Å². The molecule has 0 saturated heterocycles. The first kappa shape index (κ1) is 16.5. The van der Waals surface area contributed by atoms with Crippen LogP contribution in [0.15, 0.2) is 41.6 Å². The van der Waals surface area contributed by atoms with E-state index in [9.17, 15) is 8.42 Å². The summed E-state index contributed by atoms with van der Waals surface area (Å²) in [7, 11) is -3.21. The topological polar surface area (TPSA) is 72.0 Å². The van der Waals surface area contributed by atoms with E-state index >= 15 is 0 Å². The van der Waals surface area contributed by atoms with Crippen molar-refractivity contribution in [2.75, 3.05) is 5.32 Å². The summed E-state index contributed by atoms with van der Waals surface area (Å²) in [6.07, 6.45) is 5.11. The molecular formula is C18H19N3O2S2. The Morgan fingerprint density at radius 1 is 1.12 bits per heavy atom. The van der Waals surface area contributed by atoms with Gasteiger partial charge in [0.15, 0.2) is 9.84 Å². The van der Waals surface area contributed by atoms with Gasteiger partial charge in [0.05, 0.1) is 15.5 Å². The highest BCUT2D eigenvalue weighted by Crippen LogP contribution is 2.32. The van der Waals surface area contributed by atoms with Gasteiger partial charge in [-0.1, -0.05) is 12.8 Å². The Morgan fingerprint density at radius 3 is 2.56 bits per heavy atom. The molecule has 7 heteroatoms. The van der Waals surface area contributed by atoms with Crippen LogP contribution in [-0.4, -0.2) is 23.6 Å². The number of hydrogen-bond donors (Lipinski definition) is 1. The number of hydrogen-bond acceptors (Lipinski definition) is 6. The van der Waals surface area contributed by atoms with E-state index in [-0.39, 0.29) is 5.25 Å². The van der Waals surface area contributed by atoms with Crippen molar-refractivity contribution in [2.24, 2.45) is 0 Å². The Balaban J connectivity index is 1.60. The maximum atomic E-state index is 12.6. The summed E-state index contributed by atoms with van der Waals surface area (Å²) in [5, 5.41) is 4.03. The van der Waals surface area contributed by atoms with E-state index in [1.165, 1.54) is 4.88 Å². The summed E-state index contributed by atoms with van der Waals surface area (Å²) in [5.41, 5.74) is 0.814. The number of thiophene rings is 1.